The summed E-state index contributed by atoms with van der Waals surface area (Å²) in [6.45, 7) is 10.0. The fourth-order valence-electron chi connectivity index (χ4n) is 1.01. The van der Waals surface area contributed by atoms with Gasteiger partial charge in [0.25, 0.3) is 0 Å². The van der Waals surface area contributed by atoms with Crippen molar-refractivity contribution in [2.24, 2.45) is 0 Å². The molecule has 0 aromatic rings. The molecule has 0 aliphatic heterocycles. The van der Waals surface area contributed by atoms with Gasteiger partial charge in [0.1, 0.15) is 0 Å². The third-order valence-corrected chi connectivity index (χ3v) is 2.16. The SMILES string of the molecule is CC(C)OC(=O)CNCCN(C)C(C)C. The van der Waals surface area contributed by atoms with Crippen LogP contribution in [0, 0.1) is 0 Å². The highest BCUT2D eigenvalue weighted by Gasteiger charge is 2.05. The first-order valence-electron chi connectivity index (χ1n) is 5.54. The van der Waals surface area contributed by atoms with Crippen LogP contribution in [-0.4, -0.2) is 49.7 Å². The fourth-order valence-corrected chi connectivity index (χ4v) is 1.01. The fraction of sp³-hybridized carbons (Fsp3) is 0.909. The van der Waals surface area contributed by atoms with Crippen molar-refractivity contribution in [3.05, 3.63) is 0 Å². The minimum absolute atomic E-state index is 0.0300. The predicted octanol–water partition coefficient (Wildman–Crippen LogP) is 0.868. The first-order chi connectivity index (χ1) is 6.93. The van der Waals surface area contributed by atoms with Crippen molar-refractivity contribution in [1.29, 1.82) is 0 Å². The minimum atomic E-state index is -0.183. The number of carbonyl (C=O) groups excluding carboxylic acids is 1. The van der Waals surface area contributed by atoms with E-state index in [0.29, 0.717) is 12.6 Å². The molecule has 0 fully saturated rings. The first kappa shape index (κ1) is 14.4. The Labute approximate surface area is 93.0 Å². The molecular formula is C11H24N2O2. The zero-order valence-electron chi connectivity index (χ0n) is 10.5. The first-order valence-corrected chi connectivity index (χ1v) is 5.54. The van der Waals surface area contributed by atoms with E-state index in [9.17, 15) is 4.79 Å². The standard InChI is InChI=1S/C11H24N2O2/c1-9(2)13(5)7-6-12-8-11(14)15-10(3)4/h9-10,12H,6-8H2,1-5H3. The van der Waals surface area contributed by atoms with Crippen molar-refractivity contribution in [2.75, 3.05) is 26.7 Å². The van der Waals surface area contributed by atoms with Crippen molar-refractivity contribution < 1.29 is 9.53 Å². The van der Waals surface area contributed by atoms with Gasteiger partial charge in [-0.2, -0.15) is 0 Å². The van der Waals surface area contributed by atoms with Crippen molar-refractivity contribution in [3.63, 3.8) is 0 Å². The molecule has 0 aromatic heterocycles. The molecule has 0 unspecified atom stereocenters. The van der Waals surface area contributed by atoms with E-state index in [-0.39, 0.29) is 12.1 Å². The number of carbonyl (C=O) groups is 1. The van der Waals surface area contributed by atoms with Crippen LogP contribution in [0.1, 0.15) is 27.7 Å². The molecule has 15 heavy (non-hydrogen) atoms. The number of esters is 1. The topological polar surface area (TPSA) is 41.6 Å². The Balaban J connectivity index is 3.42. The second-order valence-electron chi connectivity index (χ2n) is 4.29. The normalized spacial score (nSPS) is 11.5. The molecule has 0 aromatic carbocycles. The minimum Gasteiger partial charge on any atom is -0.462 e. The van der Waals surface area contributed by atoms with Crippen molar-refractivity contribution in [2.45, 2.75) is 39.8 Å². The highest BCUT2D eigenvalue weighted by molar-refractivity contribution is 5.71. The number of ether oxygens (including phenoxy) is 1. The molecule has 4 heteroatoms. The van der Waals surface area contributed by atoms with Crippen LogP contribution < -0.4 is 5.32 Å². The maximum Gasteiger partial charge on any atom is 0.320 e. The Hall–Kier alpha value is -0.610. The van der Waals surface area contributed by atoms with Crippen LogP contribution in [0.3, 0.4) is 0 Å². The molecule has 0 radical (unpaired) electrons. The molecule has 0 aliphatic rings. The van der Waals surface area contributed by atoms with E-state index in [1.165, 1.54) is 0 Å². The van der Waals surface area contributed by atoms with Gasteiger partial charge in [-0.1, -0.05) is 0 Å². The molecule has 0 saturated heterocycles. The summed E-state index contributed by atoms with van der Waals surface area (Å²) in [6.07, 6.45) is -0.0300. The van der Waals surface area contributed by atoms with E-state index in [2.05, 4.69) is 31.1 Å². The molecule has 0 atom stereocenters. The number of hydrogen-bond donors (Lipinski definition) is 1. The summed E-state index contributed by atoms with van der Waals surface area (Å²) in [5, 5.41) is 3.06. The van der Waals surface area contributed by atoms with Gasteiger partial charge in [0.2, 0.25) is 0 Å². The van der Waals surface area contributed by atoms with Gasteiger partial charge in [-0.25, -0.2) is 0 Å². The van der Waals surface area contributed by atoms with Gasteiger partial charge in [-0.15, -0.1) is 0 Å². The molecule has 4 nitrogen and oxygen atoms in total. The van der Waals surface area contributed by atoms with Gasteiger partial charge in [0.15, 0.2) is 0 Å². The van der Waals surface area contributed by atoms with Crippen LogP contribution >= 0.6 is 0 Å². The van der Waals surface area contributed by atoms with Gasteiger partial charge in [-0.05, 0) is 34.7 Å². The molecule has 0 rings (SSSR count). The lowest BCUT2D eigenvalue weighted by atomic mass is 10.3. The summed E-state index contributed by atoms with van der Waals surface area (Å²) in [6, 6.07) is 0.536. The summed E-state index contributed by atoms with van der Waals surface area (Å²) in [4.78, 5) is 13.4. The van der Waals surface area contributed by atoms with Crippen LogP contribution in [0.2, 0.25) is 0 Å². The Morgan fingerprint density at radius 1 is 1.33 bits per heavy atom. The van der Waals surface area contributed by atoms with Gasteiger partial charge in [0.05, 0.1) is 12.6 Å². The van der Waals surface area contributed by atoms with Gasteiger partial charge >= 0.3 is 5.97 Å². The molecule has 1 N–H and O–H groups in total. The lowest BCUT2D eigenvalue weighted by Crippen LogP contribution is -2.36. The zero-order valence-corrected chi connectivity index (χ0v) is 10.5. The second-order valence-corrected chi connectivity index (χ2v) is 4.29. The Morgan fingerprint density at radius 3 is 2.40 bits per heavy atom. The summed E-state index contributed by atoms with van der Waals surface area (Å²) < 4.78 is 4.99. The maximum absolute atomic E-state index is 11.1. The lowest BCUT2D eigenvalue weighted by molar-refractivity contribution is -0.146. The maximum atomic E-state index is 11.1. The van der Waals surface area contributed by atoms with Gasteiger partial charge in [0, 0.05) is 19.1 Å². The summed E-state index contributed by atoms with van der Waals surface area (Å²) in [5.41, 5.74) is 0. The molecule has 0 saturated carbocycles. The number of hydrogen-bond acceptors (Lipinski definition) is 4. The van der Waals surface area contributed by atoms with E-state index < -0.39 is 0 Å². The predicted molar refractivity (Wildman–Crippen MR) is 61.9 cm³/mol. The summed E-state index contributed by atoms with van der Waals surface area (Å²) >= 11 is 0. The average Bonchev–Trinajstić information content (AvgIpc) is 2.10. The van der Waals surface area contributed by atoms with E-state index in [1.54, 1.807) is 0 Å². The van der Waals surface area contributed by atoms with Crippen LogP contribution in [0.25, 0.3) is 0 Å². The average molecular weight is 216 g/mol. The highest BCUT2D eigenvalue weighted by atomic mass is 16.5. The molecule has 0 heterocycles. The number of nitrogens with one attached hydrogen (secondary N) is 1. The smallest absolute Gasteiger partial charge is 0.320 e. The van der Waals surface area contributed by atoms with Crippen molar-refractivity contribution in [3.8, 4) is 0 Å². The lowest BCUT2D eigenvalue weighted by Gasteiger charge is -2.20. The quantitative estimate of drug-likeness (QED) is 0.506. The van der Waals surface area contributed by atoms with Crippen LogP contribution in [-0.2, 0) is 9.53 Å². The summed E-state index contributed by atoms with van der Waals surface area (Å²) in [5.74, 6) is -0.183. The Morgan fingerprint density at radius 2 is 1.93 bits per heavy atom. The van der Waals surface area contributed by atoms with E-state index in [1.807, 2.05) is 13.8 Å². The largest absolute Gasteiger partial charge is 0.462 e. The van der Waals surface area contributed by atoms with Crippen LogP contribution in [0.4, 0.5) is 0 Å². The third-order valence-electron chi connectivity index (χ3n) is 2.16. The van der Waals surface area contributed by atoms with Crippen molar-refractivity contribution >= 4 is 5.97 Å². The molecule has 0 amide bonds. The zero-order chi connectivity index (χ0) is 11.8. The molecule has 90 valence electrons. The van der Waals surface area contributed by atoms with E-state index in [4.69, 9.17) is 4.74 Å². The van der Waals surface area contributed by atoms with Crippen LogP contribution in [0.15, 0.2) is 0 Å². The number of rotatable bonds is 7. The van der Waals surface area contributed by atoms with Gasteiger partial charge < -0.3 is 15.0 Å². The Kier molecular flexibility index (Phi) is 7.34. The van der Waals surface area contributed by atoms with E-state index >= 15 is 0 Å². The number of nitrogens with zero attached hydrogens (tertiary/aromatic N) is 1. The second kappa shape index (κ2) is 7.65. The molecule has 0 spiro atoms. The molecule has 0 bridgehead atoms. The van der Waals surface area contributed by atoms with Crippen LogP contribution in [0.5, 0.6) is 0 Å². The third kappa shape index (κ3) is 8.39. The Bertz CT molecular complexity index is 181. The van der Waals surface area contributed by atoms with Gasteiger partial charge in [-0.3, -0.25) is 4.79 Å². The number of likely N-dealkylation sites (N-methyl/N-ethyl adjacent to an activating group) is 1. The monoisotopic (exact) mass is 216 g/mol. The van der Waals surface area contributed by atoms with Crippen molar-refractivity contribution in [1.82, 2.24) is 10.2 Å². The van der Waals surface area contributed by atoms with E-state index in [0.717, 1.165) is 13.1 Å². The highest BCUT2D eigenvalue weighted by Crippen LogP contribution is 1.91. The molecule has 0 aliphatic carbocycles. The molecular weight excluding hydrogens is 192 g/mol. The summed E-state index contributed by atoms with van der Waals surface area (Å²) in [7, 11) is 2.07.